The maximum atomic E-state index is 9.56. The summed E-state index contributed by atoms with van der Waals surface area (Å²) in [6, 6.07) is 8.08. The highest BCUT2D eigenvalue weighted by molar-refractivity contribution is 5.33. The predicted molar refractivity (Wildman–Crippen MR) is 97.8 cm³/mol. The molecule has 4 rings (SSSR count). The summed E-state index contributed by atoms with van der Waals surface area (Å²) in [5.74, 6) is 1.30. The zero-order valence-electron chi connectivity index (χ0n) is 15.1. The van der Waals surface area contributed by atoms with Crippen molar-refractivity contribution in [2.45, 2.75) is 89.9 Å². The third-order valence-electron chi connectivity index (χ3n) is 7.32. The van der Waals surface area contributed by atoms with E-state index in [4.69, 9.17) is 0 Å². The molecule has 1 aromatic carbocycles. The number of benzene rings is 1. The summed E-state index contributed by atoms with van der Waals surface area (Å²) < 4.78 is 0. The van der Waals surface area contributed by atoms with Gasteiger partial charge in [-0.25, -0.2) is 0 Å². The minimum absolute atomic E-state index is 0.395. The lowest BCUT2D eigenvalue weighted by molar-refractivity contribution is -0.00802. The van der Waals surface area contributed by atoms with E-state index < -0.39 is 0 Å². The molecule has 0 radical (unpaired) electrons. The summed E-state index contributed by atoms with van der Waals surface area (Å²) in [6.07, 6.45) is 15.4. The van der Waals surface area contributed by atoms with Crippen molar-refractivity contribution >= 4 is 0 Å². The molecule has 1 aromatic rings. The Labute approximate surface area is 142 Å². The number of rotatable bonds is 7. The highest BCUT2D eigenvalue weighted by atomic mass is 16.3. The third kappa shape index (κ3) is 3.30. The monoisotopic (exact) mass is 314 g/mol. The van der Waals surface area contributed by atoms with Crippen LogP contribution in [0.25, 0.3) is 0 Å². The van der Waals surface area contributed by atoms with E-state index in [-0.39, 0.29) is 0 Å². The van der Waals surface area contributed by atoms with E-state index in [1.807, 2.05) is 12.1 Å². The molecule has 0 saturated heterocycles. The molecule has 0 unspecified atom stereocenters. The lowest BCUT2D eigenvalue weighted by Crippen LogP contribution is -2.47. The maximum absolute atomic E-state index is 9.56. The van der Waals surface area contributed by atoms with Gasteiger partial charge in [-0.2, -0.15) is 0 Å². The highest BCUT2D eigenvalue weighted by Gasteiger charge is 2.50. The van der Waals surface area contributed by atoms with E-state index in [9.17, 15) is 5.11 Å². The van der Waals surface area contributed by atoms with Crippen LogP contribution in [0.5, 0.6) is 5.75 Å². The van der Waals surface area contributed by atoms with Crippen LogP contribution in [0.2, 0.25) is 0 Å². The van der Waals surface area contributed by atoms with Gasteiger partial charge in [0.2, 0.25) is 0 Å². The van der Waals surface area contributed by atoms with E-state index in [1.165, 1.54) is 76.2 Å². The van der Waals surface area contributed by atoms with E-state index in [1.54, 1.807) is 0 Å². The van der Waals surface area contributed by atoms with Gasteiger partial charge in [0.05, 0.1) is 0 Å². The average Bonchev–Trinajstić information content (AvgIpc) is 2.60. The number of unbranched alkanes of at least 4 members (excludes halogenated alkanes) is 3. The van der Waals surface area contributed by atoms with Crippen LogP contribution >= 0.6 is 0 Å². The first kappa shape index (κ1) is 16.9. The Balaban J connectivity index is 1.61. The molecule has 1 atom stereocenters. The molecular formula is C22H34O. The molecule has 0 aromatic heterocycles. The van der Waals surface area contributed by atoms with Gasteiger partial charge in [0.15, 0.2) is 0 Å². The number of phenolic OH excluding ortho intramolecular Hbond substituents is 1. The molecule has 3 aliphatic rings. The largest absolute Gasteiger partial charge is 0.508 e. The fourth-order valence-electron chi connectivity index (χ4n) is 5.39. The summed E-state index contributed by atoms with van der Waals surface area (Å²) in [4.78, 5) is 0. The molecule has 0 heterocycles. The van der Waals surface area contributed by atoms with Crippen molar-refractivity contribution in [1.29, 1.82) is 0 Å². The molecule has 0 spiro atoms. The van der Waals surface area contributed by atoms with Crippen LogP contribution in [-0.2, 0) is 5.41 Å². The van der Waals surface area contributed by atoms with Crippen LogP contribution in [-0.4, -0.2) is 5.11 Å². The van der Waals surface area contributed by atoms with Gasteiger partial charge in [0, 0.05) is 0 Å². The zero-order chi connectivity index (χ0) is 16.3. The smallest absolute Gasteiger partial charge is 0.115 e. The number of phenols is 1. The quantitative estimate of drug-likeness (QED) is 0.563. The Bertz CT molecular complexity index is 477. The molecule has 0 aliphatic heterocycles. The number of fused-ring (bicyclic) bond motifs is 3. The van der Waals surface area contributed by atoms with Gasteiger partial charge in [-0.15, -0.1) is 0 Å². The Kier molecular flexibility index (Phi) is 5.04. The van der Waals surface area contributed by atoms with Gasteiger partial charge < -0.3 is 5.11 Å². The van der Waals surface area contributed by atoms with Crippen molar-refractivity contribution in [3.63, 3.8) is 0 Å². The normalized spacial score (nSPS) is 31.2. The summed E-state index contributed by atoms with van der Waals surface area (Å²) in [5.41, 5.74) is 2.53. The van der Waals surface area contributed by atoms with E-state index in [2.05, 4.69) is 26.0 Å². The topological polar surface area (TPSA) is 20.2 Å². The molecule has 128 valence electrons. The van der Waals surface area contributed by atoms with Crippen molar-refractivity contribution in [1.82, 2.24) is 0 Å². The summed E-state index contributed by atoms with van der Waals surface area (Å²) in [7, 11) is 0. The van der Waals surface area contributed by atoms with Crippen molar-refractivity contribution in [3.8, 4) is 5.75 Å². The maximum Gasteiger partial charge on any atom is 0.115 e. The Hall–Kier alpha value is -0.980. The molecule has 3 fully saturated rings. The van der Waals surface area contributed by atoms with Crippen molar-refractivity contribution < 1.29 is 5.11 Å². The molecule has 1 nitrogen and oxygen atoms in total. The standard InChI is InChI=1S/C22H34O/c1-3-4-5-6-7-18(2)21-12-15-22(16-13-21,17-14-21)19-8-10-20(23)11-9-19/h8-11,18,23H,3-7,12-17H2,1-2H3/t18-,21?,22?/m0/s1. The number of hydrogen-bond acceptors (Lipinski definition) is 1. The fraction of sp³-hybridized carbons (Fsp3) is 0.727. The van der Waals surface area contributed by atoms with Crippen LogP contribution in [0.1, 0.15) is 90.0 Å². The lowest BCUT2D eigenvalue weighted by Gasteiger charge is -2.56. The molecular weight excluding hydrogens is 280 g/mol. The van der Waals surface area contributed by atoms with Crippen molar-refractivity contribution in [2.75, 3.05) is 0 Å². The fourth-order valence-corrected chi connectivity index (χ4v) is 5.39. The Morgan fingerprint density at radius 3 is 2.09 bits per heavy atom. The average molecular weight is 315 g/mol. The van der Waals surface area contributed by atoms with Crippen LogP contribution < -0.4 is 0 Å². The molecule has 3 aliphatic carbocycles. The first-order chi connectivity index (χ1) is 11.1. The molecule has 2 bridgehead atoms. The number of aromatic hydroxyl groups is 1. The molecule has 1 N–H and O–H groups in total. The van der Waals surface area contributed by atoms with Gasteiger partial charge in [-0.05, 0) is 73.0 Å². The second-order valence-electron chi connectivity index (χ2n) is 8.44. The van der Waals surface area contributed by atoms with Crippen molar-refractivity contribution in [2.24, 2.45) is 11.3 Å². The Morgan fingerprint density at radius 2 is 1.52 bits per heavy atom. The third-order valence-corrected chi connectivity index (χ3v) is 7.32. The second-order valence-corrected chi connectivity index (χ2v) is 8.44. The second kappa shape index (κ2) is 6.87. The first-order valence-corrected chi connectivity index (χ1v) is 9.90. The van der Waals surface area contributed by atoms with Gasteiger partial charge in [-0.3, -0.25) is 0 Å². The van der Waals surface area contributed by atoms with E-state index in [0.717, 1.165) is 5.92 Å². The highest BCUT2D eigenvalue weighted by Crippen LogP contribution is 2.61. The van der Waals surface area contributed by atoms with E-state index in [0.29, 0.717) is 16.6 Å². The summed E-state index contributed by atoms with van der Waals surface area (Å²) >= 11 is 0. The summed E-state index contributed by atoms with van der Waals surface area (Å²) in [6.45, 7) is 4.83. The van der Waals surface area contributed by atoms with Crippen LogP contribution in [0.4, 0.5) is 0 Å². The summed E-state index contributed by atoms with van der Waals surface area (Å²) in [5, 5.41) is 9.56. The van der Waals surface area contributed by atoms with Crippen LogP contribution in [0.15, 0.2) is 24.3 Å². The molecule has 23 heavy (non-hydrogen) atoms. The molecule has 0 amide bonds. The minimum atomic E-state index is 0.395. The molecule has 3 saturated carbocycles. The predicted octanol–water partition coefficient (Wildman–Crippen LogP) is 6.59. The SMILES string of the molecule is CCCCCC[C@H](C)C12CCC(c3ccc(O)cc3)(CC1)CC2. The Morgan fingerprint density at radius 1 is 0.913 bits per heavy atom. The lowest BCUT2D eigenvalue weighted by atomic mass is 9.48. The first-order valence-electron chi connectivity index (χ1n) is 9.90. The van der Waals surface area contributed by atoms with Gasteiger partial charge in [0.1, 0.15) is 5.75 Å². The van der Waals surface area contributed by atoms with Crippen LogP contribution in [0.3, 0.4) is 0 Å². The van der Waals surface area contributed by atoms with Gasteiger partial charge in [0.25, 0.3) is 0 Å². The minimum Gasteiger partial charge on any atom is -0.508 e. The van der Waals surface area contributed by atoms with E-state index >= 15 is 0 Å². The zero-order valence-corrected chi connectivity index (χ0v) is 15.1. The van der Waals surface area contributed by atoms with Gasteiger partial charge in [-0.1, -0.05) is 58.1 Å². The van der Waals surface area contributed by atoms with Crippen LogP contribution in [0, 0.1) is 11.3 Å². The number of hydrogen-bond donors (Lipinski definition) is 1. The molecule has 1 heteroatoms. The van der Waals surface area contributed by atoms with Gasteiger partial charge >= 0.3 is 0 Å². The van der Waals surface area contributed by atoms with Crippen molar-refractivity contribution in [3.05, 3.63) is 29.8 Å².